The number of carbonyl (C=O) groups is 1. The maximum atomic E-state index is 10.6. The van der Waals surface area contributed by atoms with Gasteiger partial charge in [-0.25, -0.2) is 6.08 Å². The molecule has 0 saturated heterocycles. The van der Waals surface area contributed by atoms with Gasteiger partial charge in [0.05, 0.1) is 0 Å². The Hall–Kier alpha value is 0.0983. The topological polar surface area (TPSA) is 17.1 Å². The van der Waals surface area contributed by atoms with E-state index in [9.17, 15) is 4.79 Å². The van der Waals surface area contributed by atoms with E-state index in [2.05, 4.69) is 0 Å². The molecule has 0 aromatic carbocycles. The van der Waals surface area contributed by atoms with Gasteiger partial charge < -0.3 is 4.79 Å². The van der Waals surface area contributed by atoms with Crippen LogP contribution in [-0.4, -0.2) is 5.78 Å². The molecule has 0 aliphatic heterocycles. The van der Waals surface area contributed by atoms with Gasteiger partial charge in [-0.2, -0.15) is 0 Å². The third-order valence-corrected chi connectivity index (χ3v) is 0.890. The second kappa shape index (κ2) is 4.84. The van der Waals surface area contributed by atoms with Crippen molar-refractivity contribution in [2.45, 2.75) is 27.2 Å². The smallest absolute Gasteiger partial charge is 0.000761 e. The number of rotatable bonds is 2. The average molecular weight is 309 g/mol. The van der Waals surface area contributed by atoms with Crippen molar-refractivity contribution >= 4 is 5.78 Å². The average Bonchev–Trinajstić information content (AvgIpc) is 1.62. The maximum Gasteiger partial charge on any atom is 0.000761 e. The van der Waals surface area contributed by atoms with Crippen LogP contribution in [0.2, 0.25) is 0 Å². The molecular weight excluding hydrogens is 296 g/mol. The van der Waals surface area contributed by atoms with E-state index in [0.717, 1.165) is 6.08 Å². The fraction of sp³-hybridized carbons (Fsp3) is 0.625. The van der Waals surface area contributed by atoms with E-state index in [0.29, 0.717) is 6.42 Å². The monoisotopic (exact) mass is 309 g/mol. The van der Waals surface area contributed by atoms with Gasteiger partial charge in [0.15, 0.2) is 0 Å². The summed E-state index contributed by atoms with van der Waals surface area (Å²) in [6.07, 6.45) is 1.66. The number of hydrogen-bond acceptors (Lipinski definition) is 1. The zero-order valence-electron chi connectivity index (χ0n) is 6.68. The molecule has 2 heteroatoms. The molecule has 0 aromatic heterocycles. The first-order valence-electron chi connectivity index (χ1n) is 3.03. The summed E-state index contributed by atoms with van der Waals surface area (Å²) in [5.74, 6) is 0.0162. The molecule has 58 valence electrons. The van der Waals surface area contributed by atoms with Gasteiger partial charge in [-0.1, -0.05) is 27.2 Å². The van der Waals surface area contributed by atoms with Crippen LogP contribution in [0.25, 0.3) is 0 Å². The van der Waals surface area contributed by atoms with Crippen LogP contribution in [0.5, 0.6) is 0 Å². The van der Waals surface area contributed by atoms with E-state index >= 15 is 0 Å². The van der Waals surface area contributed by atoms with Gasteiger partial charge in [-0.3, -0.25) is 6.58 Å². The van der Waals surface area contributed by atoms with Crippen molar-refractivity contribution in [1.29, 1.82) is 0 Å². The standard InChI is InChI=1S/C8H13O.W/c1-5-7(9)6-8(2,3)4;/h1,5H,6H2,2-4H3;/q-1;. The predicted octanol–water partition coefficient (Wildman–Crippen LogP) is 1.98. The number of carbonyl (C=O) groups excluding carboxylic acids is 1. The molecule has 0 saturated carbocycles. The molecular formula is C8H13OW-. The van der Waals surface area contributed by atoms with Crippen LogP contribution in [0.4, 0.5) is 0 Å². The van der Waals surface area contributed by atoms with Crippen molar-refractivity contribution in [2.24, 2.45) is 5.41 Å². The van der Waals surface area contributed by atoms with E-state index in [-0.39, 0.29) is 32.3 Å². The molecule has 0 rings (SSSR count). The molecule has 10 heavy (non-hydrogen) atoms. The van der Waals surface area contributed by atoms with Gasteiger partial charge in [0.2, 0.25) is 0 Å². The molecule has 0 amide bonds. The molecule has 0 aromatic rings. The summed E-state index contributed by atoms with van der Waals surface area (Å²) in [5, 5.41) is 0. The summed E-state index contributed by atoms with van der Waals surface area (Å²) in [6.45, 7) is 11.0. The quantitative estimate of drug-likeness (QED) is 0.563. The SMILES string of the molecule is [CH-]=CC(=O)CC(C)(C)C.[W]. The Morgan fingerprint density at radius 3 is 2.00 bits per heavy atom. The third-order valence-electron chi connectivity index (χ3n) is 0.890. The first-order chi connectivity index (χ1) is 3.95. The van der Waals surface area contributed by atoms with Gasteiger partial charge in [0.25, 0.3) is 0 Å². The first-order valence-corrected chi connectivity index (χ1v) is 3.03. The zero-order valence-corrected chi connectivity index (χ0v) is 9.61. The van der Waals surface area contributed by atoms with Crippen molar-refractivity contribution in [3.05, 3.63) is 12.7 Å². The molecule has 0 radical (unpaired) electrons. The molecule has 0 unspecified atom stereocenters. The Morgan fingerprint density at radius 2 is 1.90 bits per heavy atom. The Balaban J connectivity index is 0. The fourth-order valence-electron chi connectivity index (χ4n) is 0.582. The predicted molar refractivity (Wildman–Crippen MR) is 37.9 cm³/mol. The third kappa shape index (κ3) is 8.10. The minimum Gasteiger partial charge on any atom is -0.407 e. The normalized spacial score (nSPS) is 9.90. The Labute approximate surface area is 77.2 Å². The molecule has 0 N–H and O–H groups in total. The molecule has 0 spiro atoms. The van der Waals surface area contributed by atoms with Crippen molar-refractivity contribution < 1.29 is 25.9 Å². The molecule has 0 aliphatic rings. The Kier molecular flexibility index (Phi) is 6.17. The van der Waals surface area contributed by atoms with E-state index in [1.54, 1.807) is 0 Å². The van der Waals surface area contributed by atoms with Crippen molar-refractivity contribution in [3.8, 4) is 0 Å². The Morgan fingerprint density at radius 1 is 1.50 bits per heavy atom. The summed E-state index contributed by atoms with van der Waals surface area (Å²) in [6, 6.07) is 0. The Bertz CT molecular complexity index is 122. The number of allylic oxidation sites excluding steroid dienone is 1. The minimum absolute atomic E-state index is 0. The molecule has 0 bridgehead atoms. The van der Waals surface area contributed by atoms with Gasteiger partial charge in [-0.15, -0.1) is 0 Å². The van der Waals surface area contributed by atoms with Crippen molar-refractivity contribution in [1.82, 2.24) is 0 Å². The van der Waals surface area contributed by atoms with Crippen LogP contribution in [0.1, 0.15) is 27.2 Å². The summed E-state index contributed by atoms with van der Waals surface area (Å²) >= 11 is 0. The van der Waals surface area contributed by atoms with Crippen molar-refractivity contribution in [2.75, 3.05) is 0 Å². The second-order valence-electron chi connectivity index (χ2n) is 3.37. The van der Waals surface area contributed by atoms with Crippen LogP contribution in [0.15, 0.2) is 6.08 Å². The van der Waals surface area contributed by atoms with Gasteiger partial charge in [0, 0.05) is 26.8 Å². The van der Waals surface area contributed by atoms with Gasteiger partial charge in [-0.05, 0) is 5.41 Å². The van der Waals surface area contributed by atoms with Crippen LogP contribution in [0.3, 0.4) is 0 Å². The van der Waals surface area contributed by atoms with E-state index in [1.807, 2.05) is 20.8 Å². The summed E-state index contributed by atoms with van der Waals surface area (Å²) < 4.78 is 0. The van der Waals surface area contributed by atoms with Crippen LogP contribution in [-0.2, 0) is 25.9 Å². The zero-order chi connectivity index (χ0) is 7.49. The van der Waals surface area contributed by atoms with Gasteiger partial charge in [0.1, 0.15) is 0 Å². The molecule has 0 atom stereocenters. The summed E-state index contributed by atoms with van der Waals surface area (Å²) in [7, 11) is 0. The number of hydrogen-bond donors (Lipinski definition) is 0. The summed E-state index contributed by atoms with van der Waals surface area (Å²) in [4.78, 5) is 10.6. The van der Waals surface area contributed by atoms with Crippen LogP contribution >= 0.6 is 0 Å². The van der Waals surface area contributed by atoms with E-state index in [1.165, 1.54) is 0 Å². The second-order valence-corrected chi connectivity index (χ2v) is 3.37. The fourth-order valence-corrected chi connectivity index (χ4v) is 0.582. The van der Waals surface area contributed by atoms with Crippen LogP contribution in [0, 0.1) is 12.0 Å². The van der Waals surface area contributed by atoms with Gasteiger partial charge >= 0.3 is 0 Å². The summed E-state index contributed by atoms with van der Waals surface area (Å²) in [5.41, 5.74) is 0.0625. The van der Waals surface area contributed by atoms with Crippen molar-refractivity contribution in [3.63, 3.8) is 0 Å². The largest absolute Gasteiger partial charge is 0.407 e. The molecule has 0 heterocycles. The number of ketones is 1. The molecule has 0 aliphatic carbocycles. The maximum absolute atomic E-state index is 10.6. The first kappa shape index (κ1) is 12.7. The molecule has 0 fully saturated rings. The minimum atomic E-state index is 0. The van der Waals surface area contributed by atoms with E-state index in [4.69, 9.17) is 6.58 Å². The van der Waals surface area contributed by atoms with E-state index < -0.39 is 0 Å². The van der Waals surface area contributed by atoms with Crippen LogP contribution < -0.4 is 0 Å². The molecule has 1 nitrogen and oxygen atoms in total.